The number of hydrogen-bond acceptors (Lipinski definition) is 2. The van der Waals surface area contributed by atoms with Crippen molar-refractivity contribution in [3.8, 4) is 0 Å². The van der Waals surface area contributed by atoms with Crippen molar-refractivity contribution in [1.82, 2.24) is 0 Å². The van der Waals surface area contributed by atoms with Crippen LogP contribution < -0.4 is 5.73 Å². The molecule has 1 unspecified atom stereocenters. The molecule has 0 bridgehead atoms. The van der Waals surface area contributed by atoms with E-state index in [1.165, 1.54) is 12.8 Å². The van der Waals surface area contributed by atoms with Crippen molar-refractivity contribution in [1.29, 1.82) is 0 Å². The molecule has 1 aromatic rings. The van der Waals surface area contributed by atoms with Crippen LogP contribution in [0.15, 0.2) is 24.3 Å². The summed E-state index contributed by atoms with van der Waals surface area (Å²) in [4.78, 5) is 0. The molecule has 2 heteroatoms. The van der Waals surface area contributed by atoms with E-state index >= 15 is 0 Å². The molecular formula is C15H21NO. The third-order valence-corrected chi connectivity index (χ3v) is 4.77. The number of rotatable bonds is 1. The monoisotopic (exact) mass is 231 g/mol. The molecule has 0 amide bonds. The molecule has 1 aliphatic carbocycles. The Labute approximate surface area is 103 Å². The molecule has 1 spiro atoms. The standard InChI is InChI=1S/C15H21NO/c16-11-13-6-5-12-3-1-2-4-14(12)15(13)7-9-17-10-8-15/h1-4,13H,5-11,16H2. The summed E-state index contributed by atoms with van der Waals surface area (Å²) < 4.78 is 5.56. The second-order valence-corrected chi connectivity index (χ2v) is 5.40. The Bertz CT molecular complexity index is 396. The summed E-state index contributed by atoms with van der Waals surface area (Å²) in [6, 6.07) is 8.95. The van der Waals surface area contributed by atoms with E-state index in [9.17, 15) is 0 Å². The molecule has 0 saturated carbocycles. The first-order valence-corrected chi connectivity index (χ1v) is 6.73. The smallest absolute Gasteiger partial charge is 0.0474 e. The lowest BCUT2D eigenvalue weighted by Crippen LogP contribution is -2.46. The van der Waals surface area contributed by atoms with Crippen molar-refractivity contribution in [2.45, 2.75) is 31.1 Å². The fraction of sp³-hybridized carbons (Fsp3) is 0.600. The first-order chi connectivity index (χ1) is 8.37. The molecular weight excluding hydrogens is 210 g/mol. The molecule has 92 valence electrons. The van der Waals surface area contributed by atoms with Gasteiger partial charge in [-0.25, -0.2) is 0 Å². The lowest BCUT2D eigenvalue weighted by molar-refractivity contribution is 0.0214. The summed E-state index contributed by atoms with van der Waals surface area (Å²) >= 11 is 0. The van der Waals surface area contributed by atoms with Crippen LogP contribution >= 0.6 is 0 Å². The molecule has 2 aliphatic rings. The van der Waals surface area contributed by atoms with Crippen LogP contribution in [-0.2, 0) is 16.6 Å². The van der Waals surface area contributed by atoms with Gasteiger partial charge in [-0.3, -0.25) is 0 Å². The van der Waals surface area contributed by atoms with Crippen molar-refractivity contribution in [3.63, 3.8) is 0 Å². The zero-order valence-electron chi connectivity index (χ0n) is 10.3. The summed E-state index contributed by atoms with van der Waals surface area (Å²) in [5, 5.41) is 0. The second kappa shape index (κ2) is 4.43. The number of aryl methyl sites for hydroxylation is 1. The average molecular weight is 231 g/mol. The molecule has 1 heterocycles. The highest BCUT2D eigenvalue weighted by Gasteiger charge is 2.44. The van der Waals surface area contributed by atoms with Gasteiger partial charge in [-0.05, 0) is 49.3 Å². The van der Waals surface area contributed by atoms with Gasteiger partial charge < -0.3 is 10.5 Å². The van der Waals surface area contributed by atoms with E-state index in [-0.39, 0.29) is 0 Å². The quantitative estimate of drug-likeness (QED) is 0.804. The second-order valence-electron chi connectivity index (χ2n) is 5.40. The van der Waals surface area contributed by atoms with Gasteiger partial charge in [-0.1, -0.05) is 24.3 Å². The predicted molar refractivity (Wildman–Crippen MR) is 69.0 cm³/mol. The summed E-state index contributed by atoms with van der Waals surface area (Å²) in [6.07, 6.45) is 4.73. The molecule has 1 aromatic carbocycles. The van der Waals surface area contributed by atoms with Gasteiger partial charge in [0, 0.05) is 18.6 Å². The van der Waals surface area contributed by atoms with Crippen molar-refractivity contribution in [2.24, 2.45) is 11.7 Å². The minimum atomic E-state index is 0.307. The largest absolute Gasteiger partial charge is 0.381 e. The maximum atomic E-state index is 6.03. The Morgan fingerprint density at radius 1 is 1.24 bits per heavy atom. The number of nitrogens with two attached hydrogens (primary N) is 1. The molecule has 2 nitrogen and oxygen atoms in total. The van der Waals surface area contributed by atoms with Crippen molar-refractivity contribution >= 4 is 0 Å². The fourth-order valence-electron chi connectivity index (χ4n) is 3.81. The molecule has 1 atom stereocenters. The molecule has 1 saturated heterocycles. The van der Waals surface area contributed by atoms with E-state index < -0.39 is 0 Å². The van der Waals surface area contributed by atoms with Gasteiger partial charge in [0.2, 0.25) is 0 Å². The normalized spacial score (nSPS) is 26.8. The first kappa shape index (κ1) is 11.2. The molecule has 1 aliphatic heterocycles. The van der Waals surface area contributed by atoms with Gasteiger partial charge in [0.1, 0.15) is 0 Å². The third-order valence-electron chi connectivity index (χ3n) is 4.77. The van der Waals surface area contributed by atoms with Crippen LogP contribution in [0.25, 0.3) is 0 Å². The van der Waals surface area contributed by atoms with Crippen LogP contribution in [0.5, 0.6) is 0 Å². The summed E-state index contributed by atoms with van der Waals surface area (Å²) in [5.74, 6) is 0.640. The van der Waals surface area contributed by atoms with Crippen LogP contribution in [0.3, 0.4) is 0 Å². The highest BCUT2D eigenvalue weighted by Crippen LogP contribution is 2.47. The molecule has 1 fully saturated rings. The Hall–Kier alpha value is -0.860. The lowest BCUT2D eigenvalue weighted by Gasteiger charge is -2.47. The van der Waals surface area contributed by atoms with E-state index in [0.717, 1.165) is 32.6 Å². The van der Waals surface area contributed by atoms with Crippen molar-refractivity contribution in [2.75, 3.05) is 19.8 Å². The molecule has 2 N–H and O–H groups in total. The van der Waals surface area contributed by atoms with E-state index in [1.807, 2.05) is 0 Å². The van der Waals surface area contributed by atoms with E-state index in [1.54, 1.807) is 11.1 Å². The summed E-state index contributed by atoms with van der Waals surface area (Å²) in [7, 11) is 0. The van der Waals surface area contributed by atoms with Gasteiger partial charge in [-0.2, -0.15) is 0 Å². The molecule has 3 rings (SSSR count). The van der Waals surface area contributed by atoms with Crippen LogP contribution in [0.1, 0.15) is 30.4 Å². The number of fused-ring (bicyclic) bond motifs is 2. The predicted octanol–water partition coefficient (Wildman–Crippen LogP) is 2.26. The zero-order chi connectivity index (χ0) is 11.7. The average Bonchev–Trinajstić information content (AvgIpc) is 2.41. The molecule has 0 aromatic heterocycles. The third kappa shape index (κ3) is 1.71. The van der Waals surface area contributed by atoms with Gasteiger partial charge in [0.25, 0.3) is 0 Å². The summed E-state index contributed by atoms with van der Waals surface area (Å²) in [6.45, 7) is 2.60. The Morgan fingerprint density at radius 2 is 2.00 bits per heavy atom. The zero-order valence-corrected chi connectivity index (χ0v) is 10.3. The van der Waals surface area contributed by atoms with Gasteiger partial charge in [-0.15, -0.1) is 0 Å². The highest BCUT2D eigenvalue weighted by atomic mass is 16.5. The maximum absolute atomic E-state index is 6.03. The van der Waals surface area contributed by atoms with Gasteiger partial charge in [0.15, 0.2) is 0 Å². The fourth-order valence-corrected chi connectivity index (χ4v) is 3.81. The molecule has 17 heavy (non-hydrogen) atoms. The minimum Gasteiger partial charge on any atom is -0.381 e. The summed E-state index contributed by atoms with van der Waals surface area (Å²) in [5.41, 5.74) is 9.43. The lowest BCUT2D eigenvalue weighted by atomic mass is 9.59. The first-order valence-electron chi connectivity index (χ1n) is 6.73. The van der Waals surface area contributed by atoms with Crippen molar-refractivity contribution in [3.05, 3.63) is 35.4 Å². The van der Waals surface area contributed by atoms with Gasteiger partial charge >= 0.3 is 0 Å². The van der Waals surface area contributed by atoms with Crippen molar-refractivity contribution < 1.29 is 4.74 Å². The van der Waals surface area contributed by atoms with E-state index in [4.69, 9.17) is 10.5 Å². The maximum Gasteiger partial charge on any atom is 0.0474 e. The van der Waals surface area contributed by atoms with E-state index in [2.05, 4.69) is 24.3 Å². The van der Waals surface area contributed by atoms with Crippen LogP contribution in [0.2, 0.25) is 0 Å². The Morgan fingerprint density at radius 3 is 2.76 bits per heavy atom. The Kier molecular flexibility index (Phi) is 2.93. The van der Waals surface area contributed by atoms with Gasteiger partial charge in [0.05, 0.1) is 0 Å². The highest BCUT2D eigenvalue weighted by molar-refractivity contribution is 5.38. The number of ether oxygens (including phenoxy) is 1. The molecule has 0 radical (unpaired) electrons. The van der Waals surface area contributed by atoms with Crippen LogP contribution in [-0.4, -0.2) is 19.8 Å². The van der Waals surface area contributed by atoms with Crippen LogP contribution in [0.4, 0.5) is 0 Å². The SMILES string of the molecule is NCC1CCc2ccccc2C12CCOCC2. The van der Waals surface area contributed by atoms with Crippen LogP contribution in [0, 0.1) is 5.92 Å². The Balaban J connectivity index is 2.07. The minimum absolute atomic E-state index is 0.307. The number of hydrogen-bond donors (Lipinski definition) is 1. The number of benzene rings is 1. The topological polar surface area (TPSA) is 35.2 Å². The van der Waals surface area contributed by atoms with E-state index in [0.29, 0.717) is 11.3 Å².